The van der Waals surface area contributed by atoms with Crippen LogP contribution in [0, 0.1) is 18.6 Å². The standard InChI is InChI=1S/C31H28F8N2O2/c1-18-13-19(5-12-24(18)20-6-8-21(9-7-20)29(43,30(34,35)36)31(37,38)39)15-40-16-22-10-11-23(17-40)41(22)28(42)14-25-26(32)3-2-4-27(25)33/h2-9,12-13,22-23,43H,10-11,14-17H2,1H3. The number of hydrogen-bond donors (Lipinski definition) is 1. The van der Waals surface area contributed by atoms with E-state index in [2.05, 4.69) is 4.90 Å². The van der Waals surface area contributed by atoms with Crippen molar-refractivity contribution in [2.75, 3.05) is 13.1 Å². The van der Waals surface area contributed by atoms with Crippen LogP contribution in [0.4, 0.5) is 35.1 Å². The third kappa shape index (κ3) is 5.74. The summed E-state index contributed by atoms with van der Waals surface area (Å²) in [5.41, 5.74) is -3.89. The minimum atomic E-state index is -5.96. The molecule has 5 rings (SSSR count). The van der Waals surface area contributed by atoms with Crippen LogP contribution in [0.5, 0.6) is 0 Å². The molecule has 0 radical (unpaired) electrons. The van der Waals surface area contributed by atoms with Gasteiger partial charge in [0.2, 0.25) is 5.91 Å². The van der Waals surface area contributed by atoms with E-state index in [1.165, 1.54) is 6.07 Å². The quantitative estimate of drug-likeness (QED) is 0.317. The molecule has 1 amide bonds. The maximum Gasteiger partial charge on any atom is 0.430 e. The Morgan fingerprint density at radius 2 is 1.42 bits per heavy atom. The fraction of sp³-hybridized carbons (Fsp3) is 0.387. The number of nitrogens with zero attached hydrogens (tertiary/aromatic N) is 2. The van der Waals surface area contributed by atoms with Crippen LogP contribution >= 0.6 is 0 Å². The summed E-state index contributed by atoms with van der Waals surface area (Å²) < 4.78 is 108. The number of halogens is 8. The van der Waals surface area contributed by atoms with Crippen LogP contribution in [0.15, 0.2) is 60.7 Å². The molecule has 2 heterocycles. The molecule has 12 heteroatoms. The molecular formula is C31H28F8N2O2. The number of amides is 1. The smallest absolute Gasteiger partial charge is 0.369 e. The Balaban J connectivity index is 1.26. The van der Waals surface area contributed by atoms with E-state index in [1.807, 2.05) is 12.1 Å². The highest BCUT2D eigenvalue weighted by molar-refractivity contribution is 5.80. The number of piperazine rings is 1. The highest BCUT2D eigenvalue weighted by Crippen LogP contribution is 2.50. The highest BCUT2D eigenvalue weighted by atomic mass is 19.4. The van der Waals surface area contributed by atoms with Crippen LogP contribution in [-0.4, -0.2) is 58.3 Å². The van der Waals surface area contributed by atoms with Crippen LogP contribution in [0.25, 0.3) is 11.1 Å². The van der Waals surface area contributed by atoms with Gasteiger partial charge in [-0.1, -0.05) is 48.5 Å². The van der Waals surface area contributed by atoms with E-state index >= 15 is 0 Å². The average molecular weight is 613 g/mol. The van der Waals surface area contributed by atoms with Gasteiger partial charge in [-0.15, -0.1) is 0 Å². The molecule has 2 fully saturated rings. The minimum Gasteiger partial charge on any atom is -0.369 e. The van der Waals surface area contributed by atoms with Crippen LogP contribution in [0.1, 0.15) is 35.1 Å². The van der Waals surface area contributed by atoms with Crippen molar-refractivity contribution in [1.82, 2.24) is 9.80 Å². The number of carbonyl (C=O) groups is 1. The normalized spacial score (nSPS) is 19.6. The molecule has 4 nitrogen and oxygen atoms in total. The summed E-state index contributed by atoms with van der Waals surface area (Å²) in [5.74, 6) is -1.82. The van der Waals surface area contributed by atoms with Crippen molar-refractivity contribution in [3.8, 4) is 11.1 Å². The van der Waals surface area contributed by atoms with Crippen molar-refractivity contribution in [3.63, 3.8) is 0 Å². The van der Waals surface area contributed by atoms with E-state index in [9.17, 15) is 45.0 Å². The summed E-state index contributed by atoms with van der Waals surface area (Å²) >= 11 is 0. The summed E-state index contributed by atoms with van der Waals surface area (Å²) in [6.07, 6.45) is -10.7. The van der Waals surface area contributed by atoms with Crippen molar-refractivity contribution >= 4 is 5.91 Å². The molecule has 2 unspecified atom stereocenters. The molecule has 230 valence electrons. The zero-order valence-corrected chi connectivity index (χ0v) is 22.9. The average Bonchev–Trinajstić information content (AvgIpc) is 3.19. The van der Waals surface area contributed by atoms with Gasteiger partial charge in [0.25, 0.3) is 5.60 Å². The lowest BCUT2D eigenvalue weighted by Crippen LogP contribution is -2.55. The molecule has 3 aromatic rings. The Kier molecular flexibility index (Phi) is 8.06. The number of aryl methyl sites for hydroxylation is 1. The molecule has 2 saturated heterocycles. The first-order valence-electron chi connectivity index (χ1n) is 13.6. The molecule has 1 N–H and O–H groups in total. The van der Waals surface area contributed by atoms with E-state index in [0.717, 1.165) is 48.2 Å². The summed E-state index contributed by atoms with van der Waals surface area (Å²) in [4.78, 5) is 17.0. The van der Waals surface area contributed by atoms with Gasteiger partial charge in [0.15, 0.2) is 0 Å². The molecule has 2 bridgehead atoms. The Morgan fingerprint density at radius 3 is 1.93 bits per heavy atom. The van der Waals surface area contributed by atoms with Crippen LogP contribution < -0.4 is 0 Å². The lowest BCUT2D eigenvalue weighted by molar-refractivity contribution is -0.376. The van der Waals surface area contributed by atoms with E-state index in [-0.39, 0.29) is 30.0 Å². The van der Waals surface area contributed by atoms with Crippen molar-refractivity contribution in [2.24, 2.45) is 0 Å². The summed E-state index contributed by atoms with van der Waals surface area (Å²) in [5, 5.41) is 9.63. The van der Waals surface area contributed by atoms with Crippen LogP contribution in [-0.2, 0) is 23.4 Å². The summed E-state index contributed by atoms with van der Waals surface area (Å²) in [6.45, 7) is 3.47. The first-order chi connectivity index (χ1) is 20.1. The van der Waals surface area contributed by atoms with Gasteiger partial charge in [-0.3, -0.25) is 9.69 Å². The van der Waals surface area contributed by atoms with Crippen LogP contribution in [0.2, 0.25) is 0 Å². The number of aliphatic hydroxyl groups is 1. The van der Waals surface area contributed by atoms with Gasteiger partial charge >= 0.3 is 12.4 Å². The van der Waals surface area contributed by atoms with Crippen LogP contribution in [0.3, 0.4) is 0 Å². The number of rotatable bonds is 6. The second-order valence-electron chi connectivity index (χ2n) is 11.2. The predicted molar refractivity (Wildman–Crippen MR) is 142 cm³/mol. The molecule has 0 aromatic heterocycles. The van der Waals surface area contributed by atoms with Gasteiger partial charge in [-0.2, -0.15) is 26.3 Å². The first kappa shape index (κ1) is 30.9. The van der Waals surface area contributed by atoms with Gasteiger partial charge in [-0.25, -0.2) is 8.78 Å². The second-order valence-corrected chi connectivity index (χ2v) is 11.2. The lowest BCUT2D eigenvalue weighted by Gasteiger charge is -2.41. The molecule has 2 aliphatic rings. The number of fused-ring (bicyclic) bond motifs is 2. The zero-order chi connectivity index (χ0) is 31.3. The van der Waals surface area contributed by atoms with Crippen molar-refractivity contribution in [3.05, 3.63) is 94.6 Å². The first-order valence-corrected chi connectivity index (χ1v) is 13.6. The van der Waals surface area contributed by atoms with E-state index < -0.39 is 35.2 Å². The predicted octanol–water partition coefficient (Wildman–Crippen LogP) is 6.67. The lowest BCUT2D eigenvalue weighted by atomic mass is 9.90. The SMILES string of the molecule is Cc1cc(CN2CC3CCC(C2)N3C(=O)Cc2c(F)cccc2F)ccc1-c1ccc(C(O)(C(F)(F)F)C(F)(F)F)cc1. The number of hydrogen-bond acceptors (Lipinski definition) is 3. The number of carbonyl (C=O) groups excluding carboxylic acids is 1. The van der Waals surface area contributed by atoms with Crippen molar-refractivity contribution < 1.29 is 45.0 Å². The van der Waals surface area contributed by atoms with Gasteiger partial charge in [0.05, 0.1) is 6.42 Å². The molecule has 2 aliphatic heterocycles. The molecule has 0 aliphatic carbocycles. The Morgan fingerprint density at radius 1 is 0.860 bits per heavy atom. The summed E-state index contributed by atoms with van der Waals surface area (Å²) in [6, 6.07) is 12.2. The van der Waals surface area contributed by atoms with E-state index in [0.29, 0.717) is 42.9 Å². The van der Waals surface area contributed by atoms with Gasteiger partial charge < -0.3 is 10.0 Å². The molecular weight excluding hydrogens is 584 g/mol. The minimum absolute atomic E-state index is 0.0907. The maximum absolute atomic E-state index is 14.1. The third-order valence-corrected chi connectivity index (χ3v) is 8.37. The topological polar surface area (TPSA) is 43.8 Å². The fourth-order valence-electron chi connectivity index (χ4n) is 6.26. The Hall–Kier alpha value is -3.51. The molecule has 43 heavy (non-hydrogen) atoms. The number of likely N-dealkylation sites (tertiary alicyclic amines) is 1. The maximum atomic E-state index is 14.1. The number of benzene rings is 3. The fourth-order valence-corrected chi connectivity index (χ4v) is 6.26. The van der Waals surface area contributed by atoms with Gasteiger partial charge in [0.1, 0.15) is 11.6 Å². The second kappa shape index (κ2) is 11.2. The van der Waals surface area contributed by atoms with E-state index in [4.69, 9.17) is 0 Å². The highest BCUT2D eigenvalue weighted by Gasteiger charge is 2.71. The Bertz CT molecular complexity index is 1450. The van der Waals surface area contributed by atoms with E-state index in [1.54, 1.807) is 17.9 Å². The van der Waals surface area contributed by atoms with Crippen molar-refractivity contribution in [1.29, 1.82) is 0 Å². The third-order valence-electron chi connectivity index (χ3n) is 8.37. The molecule has 0 saturated carbocycles. The Labute approximate surface area is 242 Å². The largest absolute Gasteiger partial charge is 0.430 e. The van der Waals surface area contributed by atoms with Crippen molar-refractivity contribution in [2.45, 2.75) is 62.8 Å². The molecule has 2 atom stereocenters. The van der Waals surface area contributed by atoms with Gasteiger partial charge in [0, 0.05) is 42.8 Å². The molecule has 0 spiro atoms. The molecule has 3 aromatic carbocycles. The monoisotopic (exact) mass is 612 g/mol. The zero-order valence-electron chi connectivity index (χ0n) is 22.9. The summed E-state index contributed by atoms with van der Waals surface area (Å²) in [7, 11) is 0. The number of alkyl halides is 6. The van der Waals surface area contributed by atoms with Gasteiger partial charge in [-0.05, 0) is 54.2 Å².